The maximum Gasteiger partial charge on any atom is -0.0102 e. The summed E-state index contributed by atoms with van der Waals surface area (Å²) >= 11 is 0. The van der Waals surface area contributed by atoms with Crippen LogP contribution in [0.1, 0.15) is 128 Å². The van der Waals surface area contributed by atoms with Crippen LogP contribution < -0.4 is 0 Å². The van der Waals surface area contributed by atoms with Gasteiger partial charge in [0.2, 0.25) is 0 Å². The first-order valence-corrected chi connectivity index (χ1v) is 14.8. The molecule has 0 unspecified atom stereocenters. The summed E-state index contributed by atoms with van der Waals surface area (Å²) in [7, 11) is 0. The van der Waals surface area contributed by atoms with Gasteiger partial charge in [0.05, 0.1) is 0 Å². The molecule has 3 aromatic rings. The van der Waals surface area contributed by atoms with E-state index < -0.39 is 0 Å². The second-order valence-corrected chi connectivity index (χ2v) is 10.5. The summed E-state index contributed by atoms with van der Waals surface area (Å²) in [6.07, 6.45) is 24.8. The fraction of sp³-hybridized carbons (Fsp3) is 0.588. The molecule has 186 valence electrons. The van der Waals surface area contributed by atoms with Gasteiger partial charge in [-0.25, -0.2) is 0 Å². The van der Waals surface area contributed by atoms with Crippen molar-refractivity contribution in [3.05, 3.63) is 59.7 Å². The Balaban J connectivity index is 1.67. The quantitative estimate of drug-likeness (QED) is 0.131. The van der Waals surface area contributed by atoms with Crippen LogP contribution in [0.25, 0.3) is 21.5 Å². The fourth-order valence-electron chi connectivity index (χ4n) is 5.73. The SMILES string of the molecule is CCCCCCCCCCc1c(CCCCCCCCCC)c2ccccc2c2ccccc12. The van der Waals surface area contributed by atoms with E-state index in [2.05, 4.69) is 62.4 Å². The molecule has 0 bridgehead atoms. The lowest BCUT2D eigenvalue weighted by molar-refractivity contribution is 0.571. The lowest BCUT2D eigenvalue weighted by Crippen LogP contribution is -2.00. The van der Waals surface area contributed by atoms with Crippen molar-refractivity contribution in [3.8, 4) is 0 Å². The predicted octanol–water partition coefficient (Wildman–Crippen LogP) is 11.4. The van der Waals surface area contributed by atoms with Crippen LogP contribution >= 0.6 is 0 Å². The molecule has 0 amide bonds. The maximum absolute atomic E-state index is 2.39. The third-order valence-electron chi connectivity index (χ3n) is 7.72. The Labute approximate surface area is 210 Å². The van der Waals surface area contributed by atoms with Crippen LogP contribution in [0.5, 0.6) is 0 Å². The molecule has 0 aliphatic carbocycles. The highest BCUT2D eigenvalue weighted by molar-refractivity contribution is 6.10. The molecular formula is C34H50. The van der Waals surface area contributed by atoms with Gasteiger partial charge >= 0.3 is 0 Å². The van der Waals surface area contributed by atoms with E-state index in [1.54, 1.807) is 11.1 Å². The summed E-state index contributed by atoms with van der Waals surface area (Å²) in [5, 5.41) is 5.93. The van der Waals surface area contributed by atoms with Crippen LogP contribution in [0.15, 0.2) is 48.5 Å². The largest absolute Gasteiger partial charge is 0.0654 e. The Bertz CT molecular complexity index is 872. The van der Waals surface area contributed by atoms with Crippen LogP contribution in [-0.2, 0) is 12.8 Å². The average molecular weight is 459 g/mol. The monoisotopic (exact) mass is 458 g/mol. The minimum atomic E-state index is 1.24. The van der Waals surface area contributed by atoms with E-state index in [9.17, 15) is 0 Å². The van der Waals surface area contributed by atoms with E-state index >= 15 is 0 Å². The second-order valence-electron chi connectivity index (χ2n) is 10.5. The zero-order chi connectivity index (χ0) is 23.8. The summed E-state index contributed by atoms with van der Waals surface area (Å²) < 4.78 is 0. The number of benzene rings is 3. The molecule has 0 heteroatoms. The number of rotatable bonds is 18. The zero-order valence-corrected chi connectivity index (χ0v) is 22.3. The molecule has 3 aromatic carbocycles. The number of fused-ring (bicyclic) bond motifs is 3. The van der Waals surface area contributed by atoms with Crippen molar-refractivity contribution in [2.45, 2.75) is 129 Å². The van der Waals surface area contributed by atoms with Crippen LogP contribution in [0, 0.1) is 0 Å². The van der Waals surface area contributed by atoms with Gasteiger partial charge in [0.1, 0.15) is 0 Å². The molecule has 0 aromatic heterocycles. The highest BCUT2D eigenvalue weighted by Crippen LogP contribution is 2.35. The van der Waals surface area contributed by atoms with Gasteiger partial charge in [0.25, 0.3) is 0 Å². The van der Waals surface area contributed by atoms with Crippen molar-refractivity contribution >= 4 is 21.5 Å². The smallest absolute Gasteiger partial charge is 0.0102 e. The van der Waals surface area contributed by atoms with Crippen LogP contribution in [0.2, 0.25) is 0 Å². The molecule has 3 rings (SSSR count). The Hall–Kier alpha value is -1.82. The van der Waals surface area contributed by atoms with E-state index in [-0.39, 0.29) is 0 Å². The molecule has 0 spiro atoms. The van der Waals surface area contributed by atoms with Gasteiger partial charge in [-0.3, -0.25) is 0 Å². The van der Waals surface area contributed by atoms with Crippen molar-refractivity contribution in [2.24, 2.45) is 0 Å². The van der Waals surface area contributed by atoms with Gasteiger partial charge in [0.15, 0.2) is 0 Å². The Morgan fingerprint density at radius 3 is 1.00 bits per heavy atom. The highest BCUT2D eigenvalue weighted by Gasteiger charge is 2.13. The minimum absolute atomic E-state index is 1.24. The molecule has 0 atom stereocenters. The average Bonchev–Trinajstić information content (AvgIpc) is 2.88. The van der Waals surface area contributed by atoms with Gasteiger partial charge < -0.3 is 0 Å². The first-order valence-electron chi connectivity index (χ1n) is 14.8. The molecule has 0 saturated heterocycles. The molecule has 0 heterocycles. The molecule has 0 N–H and O–H groups in total. The maximum atomic E-state index is 2.39. The van der Waals surface area contributed by atoms with Crippen molar-refractivity contribution in [2.75, 3.05) is 0 Å². The summed E-state index contributed by atoms with van der Waals surface area (Å²) in [4.78, 5) is 0. The van der Waals surface area contributed by atoms with E-state index in [1.807, 2.05) is 0 Å². The number of hydrogen-bond donors (Lipinski definition) is 0. The van der Waals surface area contributed by atoms with Crippen molar-refractivity contribution in [1.29, 1.82) is 0 Å². The third kappa shape index (κ3) is 8.14. The number of unbranched alkanes of at least 4 members (excludes halogenated alkanes) is 14. The van der Waals surface area contributed by atoms with Gasteiger partial charge in [-0.05, 0) is 58.4 Å². The number of hydrogen-bond acceptors (Lipinski definition) is 0. The topological polar surface area (TPSA) is 0 Å². The molecule has 0 saturated carbocycles. The first kappa shape index (κ1) is 26.8. The molecule has 0 aliphatic heterocycles. The Kier molecular flexibility index (Phi) is 12.6. The van der Waals surface area contributed by atoms with E-state index in [1.165, 1.54) is 137 Å². The summed E-state index contributed by atoms with van der Waals surface area (Å²) in [5.41, 5.74) is 3.31. The van der Waals surface area contributed by atoms with Crippen LogP contribution in [0.4, 0.5) is 0 Å². The lowest BCUT2D eigenvalue weighted by Gasteiger charge is -2.18. The summed E-state index contributed by atoms with van der Waals surface area (Å²) in [6.45, 7) is 4.61. The van der Waals surface area contributed by atoms with Gasteiger partial charge in [-0.1, -0.05) is 152 Å². The van der Waals surface area contributed by atoms with Gasteiger partial charge in [-0.2, -0.15) is 0 Å². The van der Waals surface area contributed by atoms with Crippen molar-refractivity contribution in [3.63, 3.8) is 0 Å². The van der Waals surface area contributed by atoms with Crippen molar-refractivity contribution < 1.29 is 0 Å². The Morgan fingerprint density at radius 1 is 0.353 bits per heavy atom. The second kappa shape index (κ2) is 16.0. The normalized spacial score (nSPS) is 11.6. The fourth-order valence-corrected chi connectivity index (χ4v) is 5.73. The molecule has 0 nitrogen and oxygen atoms in total. The molecule has 0 fully saturated rings. The standard InChI is InChI=1S/C34H50/c1-3-5-7-9-11-13-15-17-23-29-30(24-18-16-14-12-10-8-6-4-2)32-26-20-22-28-34(32)33-27-21-19-25-31(29)33/h19-22,25-28H,3-18,23-24H2,1-2H3. The summed E-state index contributed by atoms with van der Waals surface area (Å²) in [5.74, 6) is 0. The lowest BCUT2D eigenvalue weighted by atomic mass is 9.86. The number of aryl methyl sites for hydroxylation is 2. The van der Waals surface area contributed by atoms with E-state index in [4.69, 9.17) is 0 Å². The van der Waals surface area contributed by atoms with Gasteiger partial charge in [-0.15, -0.1) is 0 Å². The van der Waals surface area contributed by atoms with E-state index in [0.717, 1.165) is 0 Å². The molecule has 34 heavy (non-hydrogen) atoms. The van der Waals surface area contributed by atoms with Crippen LogP contribution in [-0.4, -0.2) is 0 Å². The van der Waals surface area contributed by atoms with Crippen LogP contribution in [0.3, 0.4) is 0 Å². The third-order valence-corrected chi connectivity index (χ3v) is 7.72. The Morgan fingerprint density at radius 2 is 0.647 bits per heavy atom. The van der Waals surface area contributed by atoms with Gasteiger partial charge in [0, 0.05) is 0 Å². The van der Waals surface area contributed by atoms with Crippen molar-refractivity contribution in [1.82, 2.24) is 0 Å². The first-order chi connectivity index (χ1) is 16.9. The zero-order valence-electron chi connectivity index (χ0n) is 22.3. The predicted molar refractivity (Wildman–Crippen MR) is 154 cm³/mol. The van der Waals surface area contributed by atoms with E-state index in [0.29, 0.717) is 0 Å². The molecule has 0 aliphatic rings. The molecule has 0 radical (unpaired) electrons. The highest BCUT2D eigenvalue weighted by atomic mass is 14.2. The summed E-state index contributed by atoms with van der Waals surface area (Å²) in [6, 6.07) is 18.4. The molecular weight excluding hydrogens is 408 g/mol. The minimum Gasteiger partial charge on any atom is -0.0654 e.